The van der Waals surface area contributed by atoms with Gasteiger partial charge in [0.2, 0.25) is 0 Å². The molecule has 4 heteroatoms. The van der Waals surface area contributed by atoms with Crippen molar-refractivity contribution in [3.8, 4) is 5.75 Å². The molecule has 1 rings (SSSR count). The molecule has 0 radical (unpaired) electrons. The summed E-state index contributed by atoms with van der Waals surface area (Å²) in [6.07, 6.45) is 0. The van der Waals surface area contributed by atoms with Crippen LogP contribution in [0.1, 0.15) is 17.3 Å². The van der Waals surface area contributed by atoms with Crippen LogP contribution in [-0.2, 0) is 4.74 Å². The molecule has 0 amide bonds. The lowest BCUT2D eigenvalue weighted by Crippen LogP contribution is -2.05. The van der Waals surface area contributed by atoms with E-state index in [0.717, 1.165) is 0 Å². The maximum Gasteiger partial charge on any atom is 0.161 e. The number of benzene rings is 1. The van der Waals surface area contributed by atoms with E-state index < -0.39 is 0 Å². The lowest BCUT2D eigenvalue weighted by molar-refractivity contribution is 0.101. The molecule has 0 spiro atoms. The first-order valence-corrected chi connectivity index (χ1v) is 4.67. The molecule has 0 aromatic heterocycles. The first kappa shape index (κ1) is 11.5. The molecule has 0 unspecified atom stereocenters. The van der Waals surface area contributed by atoms with Crippen molar-refractivity contribution in [3.05, 3.63) is 23.8 Å². The number of hydrogen-bond donors (Lipinski definition) is 1. The Morgan fingerprint density at radius 1 is 1.40 bits per heavy atom. The summed E-state index contributed by atoms with van der Waals surface area (Å²) >= 11 is 0. The number of Topliss-reactive ketones (excluding diaryl/α,β-unsaturated/α-hetero) is 1. The third-order valence-electron chi connectivity index (χ3n) is 1.96. The summed E-state index contributed by atoms with van der Waals surface area (Å²) in [4.78, 5) is 11.1. The summed E-state index contributed by atoms with van der Waals surface area (Å²) in [5, 5.41) is 0. The Morgan fingerprint density at radius 3 is 2.67 bits per heavy atom. The number of anilines is 1. The fourth-order valence-electron chi connectivity index (χ4n) is 1.19. The van der Waals surface area contributed by atoms with Crippen LogP contribution >= 0.6 is 0 Å². The number of carbonyl (C=O) groups is 1. The molecule has 0 bridgehead atoms. The molecule has 15 heavy (non-hydrogen) atoms. The molecule has 1 aromatic carbocycles. The second kappa shape index (κ2) is 5.36. The van der Waals surface area contributed by atoms with Crippen LogP contribution in [0.25, 0.3) is 0 Å². The second-order valence-electron chi connectivity index (χ2n) is 3.15. The van der Waals surface area contributed by atoms with Crippen LogP contribution in [0.2, 0.25) is 0 Å². The van der Waals surface area contributed by atoms with Crippen LogP contribution in [0.3, 0.4) is 0 Å². The zero-order valence-corrected chi connectivity index (χ0v) is 8.95. The summed E-state index contributed by atoms with van der Waals surface area (Å²) in [6, 6.07) is 5.04. The SMILES string of the molecule is COCCOc1ccc(C(C)=O)c(N)c1. The smallest absolute Gasteiger partial charge is 0.161 e. The predicted octanol–water partition coefficient (Wildman–Crippen LogP) is 1.50. The number of nitrogen functional groups attached to an aromatic ring is 1. The number of carbonyl (C=O) groups excluding carboxylic acids is 1. The Hall–Kier alpha value is -1.55. The van der Waals surface area contributed by atoms with Crippen LogP contribution in [0, 0.1) is 0 Å². The van der Waals surface area contributed by atoms with Gasteiger partial charge >= 0.3 is 0 Å². The van der Waals surface area contributed by atoms with Gasteiger partial charge in [-0.15, -0.1) is 0 Å². The minimum atomic E-state index is -0.0454. The van der Waals surface area contributed by atoms with Crippen molar-refractivity contribution in [3.63, 3.8) is 0 Å². The molecule has 0 heterocycles. The number of methoxy groups -OCH3 is 1. The van der Waals surface area contributed by atoms with Gasteiger partial charge in [0.15, 0.2) is 5.78 Å². The highest BCUT2D eigenvalue weighted by Gasteiger charge is 2.05. The van der Waals surface area contributed by atoms with Crippen molar-refractivity contribution >= 4 is 11.5 Å². The van der Waals surface area contributed by atoms with Crippen LogP contribution in [0.5, 0.6) is 5.75 Å². The Morgan fingerprint density at radius 2 is 2.13 bits per heavy atom. The number of rotatable bonds is 5. The minimum Gasteiger partial charge on any atom is -0.491 e. The third kappa shape index (κ3) is 3.25. The molecular formula is C11H15NO3. The Bertz CT molecular complexity index is 350. The standard InChI is InChI=1S/C11H15NO3/c1-8(13)10-4-3-9(7-11(10)12)15-6-5-14-2/h3-4,7H,5-6,12H2,1-2H3. The second-order valence-corrected chi connectivity index (χ2v) is 3.15. The number of ether oxygens (including phenoxy) is 2. The summed E-state index contributed by atoms with van der Waals surface area (Å²) < 4.78 is 10.2. The van der Waals surface area contributed by atoms with Crippen molar-refractivity contribution in [2.75, 3.05) is 26.1 Å². The molecule has 4 nitrogen and oxygen atoms in total. The topological polar surface area (TPSA) is 61.5 Å². The van der Waals surface area contributed by atoms with Crippen molar-refractivity contribution in [1.82, 2.24) is 0 Å². The summed E-state index contributed by atoms with van der Waals surface area (Å²) in [5.41, 5.74) is 6.66. The Labute approximate surface area is 89.0 Å². The largest absolute Gasteiger partial charge is 0.491 e. The van der Waals surface area contributed by atoms with Crippen LogP contribution in [0.4, 0.5) is 5.69 Å². The molecule has 82 valence electrons. The number of ketones is 1. The molecule has 0 aliphatic rings. The van der Waals surface area contributed by atoms with E-state index in [9.17, 15) is 4.79 Å². The molecule has 2 N–H and O–H groups in total. The van der Waals surface area contributed by atoms with E-state index in [0.29, 0.717) is 30.2 Å². The van der Waals surface area contributed by atoms with Crippen molar-refractivity contribution < 1.29 is 14.3 Å². The monoisotopic (exact) mass is 209 g/mol. The van der Waals surface area contributed by atoms with Crippen LogP contribution in [0.15, 0.2) is 18.2 Å². The lowest BCUT2D eigenvalue weighted by atomic mass is 10.1. The lowest BCUT2D eigenvalue weighted by Gasteiger charge is -2.07. The predicted molar refractivity (Wildman–Crippen MR) is 58.2 cm³/mol. The van der Waals surface area contributed by atoms with Gasteiger partial charge in [-0.1, -0.05) is 0 Å². The molecule has 0 fully saturated rings. The van der Waals surface area contributed by atoms with E-state index in [1.54, 1.807) is 25.3 Å². The quantitative estimate of drug-likeness (QED) is 0.453. The molecule has 0 aliphatic carbocycles. The van der Waals surface area contributed by atoms with Gasteiger partial charge in [0, 0.05) is 24.4 Å². The van der Waals surface area contributed by atoms with Crippen molar-refractivity contribution in [1.29, 1.82) is 0 Å². The van der Waals surface area contributed by atoms with E-state index >= 15 is 0 Å². The minimum absolute atomic E-state index is 0.0454. The zero-order valence-electron chi connectivity index (χ0n) is 8.95. The Kier molecular flexibility index (Phi) is 4.12. The van der Waals surface area contributed by atoms with Crippen LogP contribution < -0.4 is 10.5 Å². The van der Waals surface area contributed by atoms with Gasteiger partial charge in [-0.2, -0.15) is 0 Å². The molecule has 0 saturated heterocycles. The van der Waals surface area contributed by atoms with E-state index in [2.05, 4.69) is 0 Å². The number of nitrogens with two attached hydrogens (primary N) is 1. The van der Waals surface area contributed by atoms with E-state index in [-0.39, 0.29) is 5.78 Å². The van der Waals surface area contributed by atoms with Crippen molar-refractivity contribution in [2.24, 2.45) is 0 Å². The first-order valence-electron chi connectivity index (χ1n) is 4.67. The third-order valence-corrected chi connectivity index (χ3v) is 1.96. The van der Waals surface area contributed by atoms with Gasteiger partial charge in [0.1, 0.15) is 12.4 Å². The van der Waals surface area contributed by atoms with Gasteiger partial charge in [0.05, 0.1) is 6.61 Å². The van der Waals surface area contributed by atoms with Crippen molar-refractivity contribution in [2.45, 2.75) is 6.92 Å². The fraction of sp³-hybridized carbons (Fsp3) is 0.364. The van der Waals surface area contributed by atoms with Gasteiger partial charge in [0.25, 0.3) is 0 Å². The van der Waals surface area contributed by atoms with E-state index in [4.69, 9.17) is 15.2 Å². The van der Waals surface area contributed by atoms with Crippen LogP contribution in [-0.4, -0.2) is 26.1 Å². The summed E-state index contributed by atoms with van der Waals surface area (Å²) in [7, 11) is 1.61. The zero-order chi connectivity index (χ0) is 11.3. The number of hydrogen-bond acceptors (Lipinski definition) is 4. The summed E-state index contributed by atoms with van der Waals surface area (Å²) in [6.45, 7) is 2.47. The first-order chi connectivity index (χ1) is 7.15. The molecule has 0 saturated carbocycles. The average molecular weight is 209 g/mol. The molecule has 0 aliphatic heterocycles. The normalized spacial score (nSPS) is 10.0. The summed E-state index contributed by atoms with van der Waals surface area (Å²) in [5.74, 6) is 0.602. The maximum absolute atomic E-state index is 11.1. The maximum atomic E-state index is 11.1. The van der Waals surface area contributed by atoms with Gasteiger partial charge < -0.3 is 15.2 Å². The van der Waals surface area contributed by atoms with Gasteiger partial charge in [-0.3, -0.25) is 4.79 Å². The average Bonchev–Trinajstić information content (AvgIpc) is 2.17. The highest BCUT2D eigenvalue weighted by molar-refractivity contribution is 5.99. The highest BCUT2D eigenvalue weighted by Crippen LogP contribution is 2.20. The molecular weight excluding hydrogens is 194 g/mol. The fourth-order valence-corrected chi connectivity index (χ4v) is 1.19. The van der Waals surface area contributed by atoms with Gasteiger partial charge in [-0.25, -0.2) is 0 Å². The van der Waals surface area contributed by atoms with E-state index in [1.165, 1.54) is 6.92 Å². The highest BCUT2D eigenvalue weighted by atomic mass is 16.5. The molecule has 1 aromatic rings. The van der Waals surface area contributed by atoms with Gasteiger partial charge in [-0.05, 0) is 19.1 Å². The Balaban J connectivity index is 2.69. The molecule has 0 atom stereocenters. The van der Waals surface area contributed by atoms with E-state index in [1.807, 2.05) is 0 Å².